The SMILES string of the molecule is C=C(C)/N=C(\N)c1ccccn1. The van der Waals surface area contributed by atoms with E-state index in [4.69, 9.17) is 5.73 Å². The van der Waals surface area contributed by atoms with E-state index in [9.17, 15) is 0 Å². The predicted molar refractivity (Wildman–Crippen MR) is 49.8 cm³/mol. The molecule has 3 heteroatoms. The molecule has 0 aromatic carbocycles. The van der Waals surface area contributed by atoms with E-state index in [1.807, 2.05) is 18.2 Å². The smallest absolute Gasteiger partial charge is 0.149 e. The third-order valence-corrected chi connectivity index (χ3v) is 1.24. The number of hydrogen-bond donors (Lipinski definition) is 1. The Hall–Kier alpha value is -1.64. The highest BCUT2D eigenvalue weighted by Crippen LogP contribution is 1.96. The van der Waals surface area contributed by atoms with E-state index in [-0.39, 0.29) is 0 Å². The molecule has 12 heavy (non-hydrogen) atoms. The average molecular weight is 161 g/mol. The van der Waals surface area contributed by atoms with E-state index in [2.05, 4.69) is 16.6 Å². The first kappa shape index (κ1) is 8.46. The Morgan fingerprint density at radius 2 is 2.33 bits per heavy atom. The summed E-state index contributed by atoms with van der Waals surface area (Å²) < 4.78 is 0. The second-order valence-electron chi connectivity index (χ2n) is 2.45. The van der Waals surface area contributed by atoms with Gasteiger partial charge >= 0.3 is 0 Å². The van der Waals surface area contributed by atoms with Crippen LogP contribution >= 0.6 is 0 Å². The number of aromatic nitrogens is 1. The number of allylic oxidation sites excluding steroid dienone is 1. The number of nitrogens with zero attached hydrogens (tertiary/aromatic N) is 2. The Bertz CT molecular complexity index is 301. The van der Waals surface area contributed by atoms with Crippen molar-refractivity contribution in [3.05, 3.63) is 42.4 Å². The van der Waals surface area contributed by atoms with Crippen molar-refractivity contribution in [3.63, 3.8) is 0 Å². The van der Waals surface area contributed by atoms with Gasteiger partial charge in [0.1, 0.15) is 11.5 Å². The minimum absolute atomic E-state index is 0.406. The van der Waals surface area contributed by atoms with Crippen LogP contribution in [0.2, 0.25) is 0 Å². The molecule has 0 bridgehead atoms. The summed E-state index contributed by atoms with van der Waals surface area (Å²) in [6, 6.07) is 5.50. The topological polar surface area (TPSA) is 51.3 Å². The molecular weight excluding hydrogens is 150 g/mol. The maximum atomic E-state index is 5.62. The number of amidine groups is 1. The zero-order valence-electron chi connectivity index (χ0n) is 6.99. The highest BCUT2D eigenvalue weighted by atomic mass is 14.9. The van der Waals surface area contributed by atoms with Gasteiger partial charge in [0.25, 0.3) is 0 Å². The van der Waals surface area contributed by atoms with E-state index in [0.717, 1.165) is 0 Å². The molecule has 0 amide bonds. The van der Waals surface area contributed by atoms with Crippen LogP contribution in [0, 0.1) is 0 Å². The summed E-state index contributed by atoms with van der Waals surface area (Å²) in [5.74, 6) is 0.406. The molecule has 0 atom stereocenters. The predicted octanol–water partition coefficient (Wildman–Crippen LogP) is 1.32. The Balaban J connectivity index is 2.93. The summed E-state index contributed by atoms with van der Waals surface area (Å²) in [5.41, 5.74) is 6.98. The first-order valence-corrected chi connectivity index (χ1v) is 3.61. The number of aliphatic imine (C=N–C) groups is 1. The molecule has 62 valence electrons. The molecule has 0 radical (unpaired) electrons. The third kappa shape index (κ3) is 2.20. The molecule has 0 saturated carbocycles. The Morgan fingerprint density at radius 3 is 2.83 bits per heavy atom. The minimum Gasteiger partial charge on any atom is -0.382 e. The van der Waals surface area contributed by atoms with Gasteiger partial charge in [-0.15, -0.1) is 0 Å². The van der Waals surface area contributed by atoms with E-state index < -0.39 is 0 Å². The van der Waals surface area contributed by atoms with Gasteiger partial charge in [-0.25, -0.2) is 4.99 Å². The van der Waals surface area contributed by atoms with Crippen molar-refractivity contribution in [2.24, 2.45) is 10.7 Å². The molecule has 0 spiro atoms. The molecule has 0 saturated heterocycles. The third-order valence-electron chi connectivity index (χ3n) is 1.24. The maximum Gasteiger partial charge on any atom is 0.149 e. The number of pyridine rings is 1. The Kier molecular flexibility index (Phi) is 2.58. The van der Waals surface area contributed by atoms with E-state index in [1.165, 1.54) is 0 Å². The largest absolute Gasteiger partial charge is 0.382 e. The summed E-state index contributed by atoms with van der Waals surface area (Å²) in [7, 11) is 0. The van der Waals surface area contributed by atoms with Crippen LogP contribution in [0.15, 0.2) is 41.7 Å². The van der Waals surface area contributed by atoms with Crippen molar-refractivity contribution < 1.29 is 0 Å². The molecule has 0 fully saturated rings. The van der Waals surface area contributed by atoms with Gasteiger partial charge in [0.05, 0.1) is 0 Å². The van der Waals surface area contributed by atoms with E-state index in [0.29, 0.717) is 17.2 Å². The fourth-order valence-corrected chi connectivity index (χ4v) is 0.777. The standard InChI is InChI=1S/C9H11N3/c1-7(2)12-9(10)8-5-3-4-6-11-8/h3-6H,1H2,2H3,(H2,10,12). The van der Waals surface area contributed by atoms with Gasteiger partial charge in [-0.05, 0) is 19.1 Å². The van der Waals surface area contributed by atoms with Crippen molar-refractivity contribution >= 4 is 5.84 Å². The van der Waals surface area contributed by atoms with Crippen LogP contribution in [-0.4, -0.2) is 10.8 Å². The lowest BCUT2D eigenvalue weighted by Gasteiger charge is -1.97. The summed E-state index contributed by atoms with van der Waals surface area (Å²) in [4.78, 5) is 8.02. The number of rotatable bonds is 2. The van der Waals surface area contributed by atoms with Crippen molar-refractivity contribution in [1.82, 2.24) is 4.98 Å². The van der Waals surface area contributed by atoms with Gasteiger partial charge in [0, 0.05) is 11.9 Å². The molecule has 3 nitrogen and oxygen atoms in total. The first-order chi connectivity index (χ1) is 5.70. The molecule has 1 aromatic heterocycles. The lowest BCUT2D eigenvalue weighted by atomic mass is 10.3. The van der Waals surface area contributed by atoms with Crippen LogP contribution < -0.4 is 5.73 Å². The summed E-state index contributed by atoms with van der Waals surface area (Å²) in [5, 5.41) is 0. The lowest BCUT2D eigenvalue weighted by molar-refractivity contribution is 1.24. The Morgan fingerprint density at radius 1 is 1.58 bits per heavy atom. The summed E-state index contributed by atoms with van der Waals surface area (Å²) in [6.45, 7) is 5.41. The van der Waals surface area contributed by atoms with Crippen molar-refractivity contribution in [1.29, 1.82) is 0 Å². The van der Waals surface area contributed by atoms with Gasteiger partial charge in [-0.1, -0.05) is 12.6 Å². The van der Waals surface area contributed by atoms with Gasteiger partial charge in [-0.2, -0.15) is 0 Å². The fourth-order valence-electron chi connectivity index (χ4n) is 0.777. The van der Waals surface area contributed by atoms with Gasteiger partial charge in [0.15, 0.2) is 0 Å². The van der Waals surface area contributed by atoms with Crippen LogP contribution in [0.3, 0.4) is 0 Å². The fraction of sp³-hybridized carbons (Fsp3) is 0.111. The van der Waals surface area contributed by atoms with Crippen molar-refractivity contribution in [3.8, 4) is 0 Å². The second-order valence-corrected chi connectivity index (χ2v) is 2.45. The van der Waals surface area contributed by atoms with E-state index >= 15 is 0 Å². The van der Waals surface area contributed by atoms with Gasteiger partial charge in [-0.3, -0.25) is 4.98 Å². The number of nitrogens with two attached hydrogens (primary N) is 1. The van der Waals surface area contributed by atoms with E-state index in [1.54, 1.807) is 13.1 Å². The number of hydrogen-bond acceptors (Lipinski definition) is 2. The quantitative estimate of drug-likeness (QED) is 0.525. The normalized spacial score (nSPS) is 11.2. The highest BCUT2D eigenvalue weighted by Gasteiger charge is 1.96. The van der Waals surface area contributed by atoms with Crippen LogP contribution in [0.4, 0.5) is 0 Å². The zero-order chi connectivity index (χ0) is 8.97. The van der Waals surface area contributed by atoms with Gasteiger partial charge < -0.3 is 5.73 Å². The molecular formula is C9H11N3. The average Bonchev–Trinajstić information content (AvgIpc) is 2.05. The monoisotopic (exact) mass is 161 g/mol. The van der Waals surface area contributed by atoms with Gasteiger partial charge in [0.2, 0.25) is 0 Å². The second kappa shape index (κ2) is 3.67. The van der Waals surface area contributed by atoms with Crippen molar-refractivity contribution in [2.45, 2.75) is 6.92 Å². The molecule has 0 aliphatic rings. The zero-order valence-corrected chi connectivity index (χ0v) is 6.99. The Labute approximate surface area is 71.7 Å². The molecule has 2 N–H and O–H groups in total. The van der Waals surface area contributed by atoms with Crippen LogP contribution in [0.25, 0.3) is 0 Å². The first-order valence-electron chi connectivity index (χ1n) is 3.61. The lowest BCUT2D eigenvalue weighted by Crippen LogP contribution is -2.14. The van der Waals surface area contributed by atoms with Crippen LogP contribution in [-0.2, 0) is 0 Å². The van der Waals surface area contributed by atoms with Crippen molar-refractivity contribution in [2.75, 3.05) is 0 Å². The molecule has 0 aliphatic carbocycles. The minimum atomic E-state index is 0.406. The van der Waals surface area contributed by atoms with Crippen LogP contribution in [0.5, 0.6) is 0 Å². The molecule has 0 aliphatic heterocycles. The summed E-state index contributed by atoms with van der Waals surface area (Å²) >= 11 is 0. The summed E-state index contributed by atoms with van der Waals surface area (Å²) in [6.07, 6.45) is 1.68. The highest BCUT2D eigenvalue weighted by molar-refractivity contribution is 5.96. The van der Waals surface area contributed by atoms with Crippen LogP contribution in [0.1, 0.15) is 12.6 Å². The maximum absolute atomic E-state index is 5.62. The molecule has 0 unspecified atom stereocenters. The molecule has 1 rings (SSSR count). The molecule has 1 heterocycles. The molecule has 1 aromatic rings.